The van der Waals surface area contributed by atoms with Crippen molar-refractivity contribution in [1.29, 1.82) is 0 Å². The molecule has 0 spiro atoms. The molecular weight excluding hydrogens is 1620 g/mol. The van der Waals surface area contributed by atoms with Gasteiger partial charge < -0.3 is 27.0 Å². The summed E-state index contributed by atoms with van der Waals surface area (Å²) in [5, 5.41) is 14.1. The van der Waals surface area contributed by atoms with Crippen LogP contribution in [0.4, 0.5) is 0 Å². The molecule has 0 aliphatic heterocycles. The predicted octanol–water partition coefficient (Wildman–Crippen LogP) is 31.4. The van der Waals surface area contributed by atoms with Crippen molar-refractivity contribution in [2.24, 2.45) is 0 Å². The molecule has 12 heteroatoms. The Labute approximate surface area is 756 Å². The highest BCUT2D eigenvalue weighted by Crippen LogP contribution is 2.46. The zero-order chi connectivity index (χ0) is 87.1. The van der Waals surface area contributed by atoms with Crippen LogP contribution in [0.25, 0.3) is 250 Å². The summed E-state index contributed by atoms with van der Waals surface area (Å²) in [7, 11) is 0. The summed E-state index contributed by atoms with van der Waals surface area (Å²) >= 11 is 0. The quantitative estimate of drug-likeness (QED) is 0.117. The van der Waals surface area contributed by atoms with Gasteiger partial charge in [-0.3, -0.25) is 0 Å². The highest BCUT2D eigenvalue weighted by atomic mass is 16.3. The second-order valence-electron chi connectivity index (χ2n) is 33.1. The number of hydrogen-bond donors (Lipinski definition) is 0. The molecule has 0 saturated heterocycles. The molecule has 0 atom stereocenters. The minimum atomic E-state index is 0.696. The Hall–Kier alpha value is -18.0. The van der Waals surface area contributed by atoms with Gasteiger partial charge in [0.05, 0.1) is 72.6 Å². The molecule has 0 aliphatic rings. The van der Waals surface area contributed by atoms with Gasteiger partial charge in [0.15, 0.2) is 17.5 Å². The normalized spacial score (nSPS) is 11.6. The van der Waals surface area contributed by atoms with Crippen molar-refractivity contribution in [3.05, 3.63) is 455 Å². The first-order chi connectivity index (χ1) is 65.4. The average molecular weight is 1690 g/mol. The fraction of sp³-hybridized carbons (Fsp3) is 0. The van der Waals surface area contributed by atoms with Gasteiger partial charge in [0.2, 0.25) is 0 Å². The lowest BCUT2D eigenvalue weighted by Crippen LogP contribution is -1.97. The number of fused-ring (bicyclic) bond motifs is 20. The number of furan rings is 3. The molecule has 18 aromatic carbocycles. The molecule has 0 aliphatic carbocycles. The largest absolute Gasteiger partial charge is 0.456 e. The van der Waals surface area contributed by atoms with Crippen LogP contribution in [0.2, 0.25) is 0 Å². The second kappa shape index (κ2) is 32.1. The smallest absolute Gasteiger partial charge is 0.160 e. The van der Waals surface area contributed by atoms with Crippen molar-refractivity contribution in [3.63, 3.8) is 0 Å². The first-order valence-electron chi connectivity index (χ1n) is 44.3. The van der Waals surface area contributed by atoms with Crippen LogP contribution < -0.4 is 0 Å². The van der Waals surface area contributed by atoms with Crippen LogP contribution >= 0.6 is 0 Å². The van der Waals surface area contributed by atoms with Crippen LogP contribution in [-0.4, -0.2) is 43.6 Å². The van der Waals surface area contributed by atoms with Crippen LogP contribution in [0.15, 0.2) is 468 Å². The topological polar surface area (TPSA) is 132 Å². The summed E-state index contributed by atoms with van der Waals surface area (Å²) in [4.78, 5) is 30.1. The van der Waals surface area contributed by atoms with E-state index in [1.165, 1.54) is 32.3 Å². The van der Waals surface area contributed by atoms with E-state index in [0.29, 0.717) is 17.5 Å². The number of nitrogens with zero attached hydrogens (tertiary/aromatic N) is 9. The maximum Gasteiger partial charge on any atom is 0.160 e. The molecule has 0 bridgehead atoms. The van der Waals surface area contributed by atoms with E-state index in [4.69, 9.17) is 43.2 Å². The molecule has 0 unspecified atom stereocenters. The molecule has 27 aromatic rings. The third-order valence-corrected chi connectivity index (χ3v) is 25.3. The lowest BCUT2D eigenvalue weighted by atomic mass is 10.1. The SMILES string of the molecule is c1ccc(-c2cc(-c3ccccc3)nc(-c3ccc(-n4c5ccccc5c5c6c(ccc54)oc4ccccc46)cc3)n2)cc1.c1ccc(-c2cc(-c3ccccc3)nc(-c3ccc(-n4c5ccccc5c5cc6c(cc54)oc4ccccc46)cc3)n2)cc1.c1ccc(-c2cc(-c3ccccc3)nc(-c3ccc(-n4c5ccccc5c5ccc6oc7ccccc7c6c54)cc3)n2)cc1. The van der Waals surface area contributed by atoms with Gasteiger partial charge in [-0.25, -0.2) is 29.9 Å². The molecular formula is C120H75N9O3. The number of aromatic nitrogens is 9. The Balaban J connectivity index is 0.000000106. The Kier molecular flexibility index (Phi) is 18.6. The monoisotopic (exact) mass is 1690 g/mol. The summed E-state index contributed by atoms with van der Waals surface area (Å²) in [5.74, 6) is 2.09. The molecule has 12 nitrogen and oxygen atoms in total. The van der Waals surface area contributed by atoms with Crippen LogP contribution in [0.5, 0.6) is 0 Å². The van der Waals surface area contributed by atoms with Crippen LogP contribution in [0.1, 0.15) is 0 Å². The van der Waals surface area contributed by atoms with Crippen molar-refractivity contribution in [2.45, 2.75) is 0 Å². The molecule has 27 rings (SSSR count). The molecule has 132 heavy (non-hydrogen) atoms. The summed E-state index contributed by atoms with van der Waals surface area (Å²) in [5.41, 5.74) is 30.1. The van der Waals surface area contributed by atoms with Crippen LogP contribution in [0, 0.1) is 0 Å². The third-order valence-electron chi connectivity index (χ3n) is 25.3. The van der Waals surface area contributed by atoms with Crippen LogP contribution in [0.3, 0.4) is 0 Å². The Bertz CT molecular complexity index is 8910. The number of hydrogen-bond acceptors (Lipinski definition) is 9. The van der Waals surface area contributed by atoms with E-state index in [2.05, 4.69) is 323 Å². The first-order valence-corrected chi connectivity index (χ1v) is 44.3. The van der Waals surface area contributed by atoms with Crippen molar-refractivity contribution >= 4 is 131 Å². The maximum absolute atomic E-state index is 6.29. The molecule has 618 valence electrons. The van der Waals surface area contributed by atoms with Crippen molar-refractivity contribution in [1.82, 2.24) is 43.6 Å². The second-order valence-corrected chi connectivity index (χ2v) is 33.1. The van der Waals surface area contributed by atoms with Crippen molar-refractivity contribution in [2.75, 3.05) is 0 Å². The van der Waals surface area contributed by atoms with Crippen LogP contribution in [-0.2, 0) is 0 Å². The summed E-state index contributed by atoms with van der Waals surface area (Å²) < 4.78 is 25.8. The zero-order valence-electron chi connectivity index (χ0n) is 71.1. The number of rotatable bonds is 12. The van der Waals surface area contributed by atoms with Gasteiger partial charge in [-0.2, -0.15) is 0 Å². The molecule has 9 aromatic heterocycles. The number of benzene rings is 18. The molecule has 9 heterocycles. The minimum absolute atomic E-state index is 0.696. The molecule has 0 amide bonds. The van der Waals surface area contributed by atoms with Gasteiger partial charge in [0.25, 0.3) is 0 Å². The van der Waals surface area contributed by atoms with Gasteiger partial charge in [-0.15, -0.1) is 0 Å². The van der Waals surface area contributed by atoms with E-state index in [1.807, 2.05) is 146 Å². The standard InChI is InChI=1S/3C40H25N3O/c1-3-11-26(12-4-1)34-24-35(27-13-5-2-6-14-27)42-40(41-34)28-19-21-29(22-20-28)43-36-17-9-7-15-30(36)32-23-33-31-16-8-10-18-38(31)44-39(33)25-37(32)43;1-3-11-26(12-4-1)33-25-34(27-13-5-2-6-14-27)42-40(41-33)28-19-21-29(22-20-28)43-35-17-9-7-15-30(35)31-23-24-37-38(39(31)43)32-16-8-10-18-36(32)44-37;1-3-11-26(12-4-1)32-25-33(27-13-5-2-6-14-27)42-40(41-32)28-19-21-29(22-20-28)43-34-17-9-7-15-30(34)38-35(43)23-24-37-39(38)31-16-8-10-18-36(31)44-37/h3*1-25H. The van der Waals surface area contributed by atoms with E-state index < -0.39 is 0 Å². The Morgan fingerprint density at radius 1 is 0.152 bits per heavy atom. The number of para-hydroxylation sites is 6. The average Bonchev–Trinajstić information content (AvgIpc) is 1.56. The van der Waals surface area contributed by atoms with Gasteiger partial charge in [-0.05, 0) is 158 Å². The summed E-state index contributed by atoms with van der Waals surface area (Å²) in [6.45, 7) is 0. The molecule has 0 radical (unpaired) electrons. The lowest BCUT2D eigenvalue weighted by molar-refractivity contribution is 0.669. The first kappa shape index (κ1) is 76.4. The van der Waals surface area contributed by atoms with Gasteiger partial charge >= 0.3 is 0 Å². The maximum atomic E-state index is 6.29. The van der Waals surface area contributed by atoms with E-state index >= 15 is 0 Å². The van der Waals surface area contributed by atoms with Gasteiger partial charge in [0.1, 0.15) is 33.5 Å². The lowest BCUT2D eigenvalue weighted by Gasteiger charge is -2.11. The minimum Gasteiger partial charge on any atom is -0.456 e. The van der Waals surface area contributed by atoms with E-state index in [-0.39, 0.29) is 0 Å². The zero-order valence-corrected chi connectivity index (χ0v) is 71.1. The molecule has 0 N–H and O–H groups in total. The van der Waals surface area contributed by atoms with Crippen molar-refractivity contribution in [3.8, 4) is 119 Å². The third kappa shape index (κ3) is 13.5. The fourth-order valence-electron chi connectivity index (χ4n) is 19.1. The van der Waals surface area contributed by atoms with Crippen molar-refractivity contribution < 1.29 is 13.3 Å². The summed E-state index contributed by atoms with van der Waals surface area (Å²) in [6.07, 6.45) is 0. The molecule has 0 fully saturated rings. The van der Waals surface area contributed by atoms with Gasteiger partial charge in [-0.1, -0.05) is 291 Å². The van der Waals surface area contributed by atoms with E-state index in [9.17, 15) is 0 Å². The highest BCUT2D eigenvalue weighted by molar-refractivity contribution is 6.28. The Morgan fingerprint density at radius 3 is 0.879 bits per heavy atom. The van der Waals surface area contributed by atoms with Gasteiger partial charge in [0, 0.05) is 132 Å². The fourth-order valence-corrected chi connectivity index (χ4v) is 19.1. The van der Waals surface area contributed by atoms with E-state index in [1.54, 1.807) is 0 Å². The predicted molar refractivity (Wildman–Crippen MR) is 540 cm³/mol. The molecule has 0 saturated carbocycles. The highest BCUT2D eigenvalue weighted by Gasteiger charge is 2.25. The van der Waals surface area contributed by atoms with E-state index in [0.717, 1.165) is 200 Å². The summed E-state index contributed by atoms with van der Waals surface area (Å²) in [6, 6.07) is 157. The Morgan fingerprint density at radius 2 is 0.455 bits per heavy atom.